The van der Waals surface area contributed by atoms with Crippen molar-refractivity contribution in [3.8, 4) is 56.7 Å². The van der Waals surface area contributed by atoms with Crippen LogP contribution >= 0.6 is 0 Å². The zero-order valence-corrected chi connectivity index (χ0v) is 36.2. The first-order valence-corrected chi connectivity index (χ1v) is 22.5. The van der Waals surface area contributed by atoms with Crippen LogP contribution in [0, 0.1) is 0 Å². The largest absolute Gasteiger partial charge is 0.456 e. The number of para-hydroxylation sites is 3. The molecular weight excluding hydrogens is 807 g/mol. The normalized spacial score (nSPS) is 13.1. The topological polar surface area (TPSA) is 61.7 Å². The number of furan rings is 1. The van der Waals surface area contributed by atoms with E-state index in [0.29, 0.717) is 17.6 Å². The maximum absolute atomic E-state index is 6.59. The van der Waals surface area contributed by atoms with Gasteiger partial charge >= 0.3 is 0 Å². The van der Waals surface area contributed by atoms with Crippen molar-refractivity contribution in [1.82, 2.24) is 24.1 Å². The van der Waals surface area contributed by atoms with Crippen LogP contribution in [-0.2, 0) is 5.41 Å². The van der Waals surface area contributed by atoms with E-state index < -0.39 is 0 Å². The van der Waals surface area contributed by atoms with Gasteiger partial charge in [-0.05, 0) is 100 Å². The van der Waals surface area contributed by atoms with Gasteiger partial charge in [-0.15, -0.1) is 0 Å². The second-order valence-electron chi connectivity index (χ2n) is 18.0. The highest BCUT2D eigenvalue weighted by Gasteiger charge is 2.38. The number of benzene rings is 9. The lowest BCUT2D eigenvalue weighted by Gasteiger charge is -2.22. The van der Waals surface area contributed by atoms with Crippen molar-refractivity contribution < 1.29 is 4.42 Å². The molecule has 4 aromatic heterocycles. The highest BCUT2D eigenvalue weighted by Crippen LogP contribution is 2.53. The average molecular weight is 846 g/mol. The Kier molecular flexibility index (Phi) is 7.64. The summed E-state index contributed by atoms with van der Waals surface area (Å²) in [5.41, 5.74) is 16.4. The first-order valence-electron chi connectivity index (χ1n) is 22.5. The van der Waals surface area contributed by atoms with Gasteiger partial charge in [-0.2, -0.15) is 9.97 Å². The van der Waals surface area contributed by atoms with Crippen LogP contribution in [0.15, 0.2) is 205 Å². The lowest BCUT2D eigenvalue weighted by Crippen LogP contribution is -2.15. The molecule has 310 valence electrons. The van der Waals surface area contributed by atoms with Crippen LogP contribution in [0.3, 0.4) is 0 Å². The molecule has 0 atom stereocenters. The van der Waals surface area contributed by atoms with Gasteiger partial charge in [0.2, 0.25) is 5.95 Å². The molecule has 66 heavy (non-hydrogen) atoms. The first-order chi connectivity index (χ1) is 32.5. The molecule has 1 aliphatic rings. The Morgan fingerprint density at radius 1 is 0.394 bits per heavy atom. The molecule has 0 amide bonds. The van der Waals surface area contributed by atoms with Gasteiger partial charge < -0.3 is 8.98 Å². The van der Waals surface area contributed by atoms with Crippen molar-refractivity contribution in [1.29, 1.82) is 0 Å². The maximum Gasteiger partial charge on any atom is 0.238 e. The molecule has 0 fully saturated rings. The Bertz CT molecular complexity index is 4080. The molecule has 14 rings (SSSR count). The fraction of sp³-hybridized carbons (Fsp3) is 0.0500. The van der Waals surface area contributed by atoms with Gasteiger partial charge in [0.1, 0.15) is 11.2 Å². The molecule has 1 aliphatic carbocycles. The minimum Gasteiger partial charge on any atom is -0.456 e. The van der Waals surface area contributed by atoms with Gasteiger partial charge in [0.25, 0.3) is 0 Å². The third-order valence-electron chi connectivity index (χ3n) is 14.0. The zero-order chi connectivity index (χ0) is 43.7. The molecule has 6 nitrogen and oxygen atoms in total. The maximum atomic E-state index is 6.59. The van der Waals surface area contributed by atoms with Crippen molar-refractivity contribution in [2.45, 2.75) is 19.3 Å². The molecule has 0 N–H and O–H groups in total. The lowest BCUT2D eigenvalue weighted by atomic mass is 9.80. The minimum atomic E-state index is -0.144. The predicted molar refractivity (Wildman–Crippen MR) is 270 cm³/mol. The third kappa shape index (κ3) is 5.21. The highest BCUT2D eigenvalue weighted by atomic mass is 16.3. The quantitative estimate of drug-likeness (QED) is 0.173. The molecule has 0 bridgehead atoms. The van der Waals surface area contributed by atoms with Crippen LogP contribution in [0.25, 0.3) is 122 Å². The number of nitrogens with zero attached hydrogens (tertiary/aromatic N) is 5. The van der Waals surface area contributed by atoms with Gasteiger partial charge in [0.05, 0.1) is 22.1 Å². The molecular formula is C60H39N5O. The summed E-state index contributed by atoms with van der Waals surface area (Å²) >= 11 is 0. The molecule has 0 spiro atoms. The monoisotopic (exact) mass is 845 g/mol. The molecule has 6 heteroatoms. The number of fused-ring (bicyclic) bond motifs is 13. The third-order valence-corrected chi connectivity index (χ3v) is 14.0. The number of rotatable bonds is 5. The summed E-state index contributed by atoms with van der Waals surface area (Å²) in [6, 6.07) is 71.0. The van der Waals surface area contributed by atoms with Crippen LogP contribution in [0.1, 0.15) is 25.0 Å². The second-order valence-corrected chi connectivity index (χ2v) is 18.0. The van der Waals surface area contributed by atoms with Gasteiger partial charge in [-0.25, -0.2) is 4.98 Å². The van der Waals surface area contributed by atoms with Gasteiger partial charge in [0.15, 0.2) is 11.6 Å². The average Bonchev–Trinajstić information content (AvgIpc) is 4.09. The van der Waals surface area contributed by atoms with E-state index in [1.165, 1.54) is 44.1 Å². The molecule has 0 aliphatic heterocycles. The Hall–Kier alpha value is -8.61. The standard InChI is InChI=1S/C60H39N5O/c1-60(2)47-22-10-6-17-41(47)44-33-34-51-55(56(44)60)45-20-9-13-25-50(45)64(51)39-30-27-37(28-31-39)57-61-58(63-59(62-57)65-48-23-11-7-18-42(48)43-19-8-12-24-49(43)65)38-29-32-46-53(35-38)66-52-26-14-21-40(54(46)52)36-15-4-3-5-16-36/h3-35H,1-2H3. The SMILES string of the molecule is CC1(C)c2ccccc2-c2ccc3c(c21)c1ccccc1n3-c1ccc(-c2nc(-c3ccc4c(c3)oc3cccc(-c5ccccc5)c34)nc(-n3c4ccccc4c4ccccc43)n2)cc1. The summed E-state index contributed by atoms with van der Waals surface area (Å²) < 4.78 is 11.2. The van der Waals surface area contributed by atoms with Crippen LogP contribution in [0.2, 0.25) is 0 Å². The fourth-order valence-corrected chi connectivity index (χ4v) is 11.1. The number of aromatic nitrogens is 5. The lowest BCUT2D eigenvalue weighted by molar-refractivity contribution is 0.666. The minimum absolute atomic E-state index is 0.144. The fourth-order valence-electron chi connectivity index (χ4n) is 11.1. The van der Waals surface area contributed by atoms with E-state index in [-0.39, 0.29) is 5.41 Å². The van der Waals surface area contributed by atoms with Crippen molar-refractivity contribution in [3.05, 3.63) is 211 Å². The molecule has 0 saturated carbocycles. The van der Waals surface area contributed by atoms with E-state index in [9.17, 15) is 0 Å². The van der Waals surface area contributed by atoms with E-state index in [1.54, 1.807) is 0 Å². The summed E-state index contributed by atoms with van der Waals surface area (Å²) in [5, 5.41) is 6.98. The summed E-state index contributed by atoms with van der Waals surface area (Å²) in [6.45, 7) is 4.73. The van der Waals surface area contributed by atoms with Crippen LogP contribution < -0.4 is 0 Å². The predicted octanol–water partition coefficient (Wildman–Crippen LogP) is 15.3. The van der Waals surface area contributed by atoms with E-state index in [4.69, 9.17) is 19.4 Å². The van der Waals surface area contributed by atoms with E-state index in [2.05, 4.69) is 211 Å². The molecule has 0 saturated heterocycles. The Morgan fingerprint density at radius 3 is 1.77 bits per heavy atom. The highest BCUT2D eigenvalue weighted by molar-refractivity contribution is 6.15. The molecule has 13 aromatic rings. The molecule has 4 heterocycles. The summed E-state index contributed by atoms with van der Waals surface area (Å²) in [7, 11) is 0. The van der Waals surface area contributed by atoms with Gasteiger partial charge in [-0.1, -0.05) is 147 Å². The number of hydrogen-bond donors (Lipinski definition) is 0. The molecule has 0 radical (unpaired) electrons. The van der Waals surface area contributed by atoms with Gasteiger partial charge in [-0.3, -0.25) is 4.57 Å². The van der Waals surface area contributed by atoms with Gasteiger partial charge in [0, 0.05) is 54.5 Å². The Morgan fingerprint density at radius 2 is 1.02 bits per heavy atom. The van der Waals surface area contributed by atoms with Crippen LogP contribution in [0.5, 0.6) is 0 Å². The smallest absolute Gasteiger partial charge is 0.238 e. The van der Waals surface area contributed by atoms with Crippen LogP contribution in [-0.4, -0.2) is 24.1 Å². The van der Waals surface area contributed by atoms with Crippen LogP contribution in [0.4, 0.5) is 0 Å². The second kappa shape index (κ2) is 13.7. The van der Waals surface area contributed by atoms with E-state index in [0.717, 1.165) is 71.7 Å². The summed E-state index contributed by atoms with van der Waals surface area (Å²) in [5.74, 6) is 1.69. The van der Waals surface area contributed by atoms with Crippen molar-refractivity contribution >= 4 is 65.6 Å². The van der Waals surface area contributed by atoms with Crippen molar-refractivity contribution in [3.63, 3.8) is 0 Å². The first kappa shape index (κ1) is 36.8. The van der Waals surface area contributed by atoms with Crippen molar-refractivity contribution in [2.75, 3.05) is 0 Å². The summed E-state index contributed by atoms with van der Waals surface area (Å²) in [6.07, 6.45) is 0. The van der Waals surface area contributed by atoms with E-state index in [1.807, 2.05) is 12.1 Å². The Labute approximate surface area is 379 Å². The number of hydrogen-bond acceptors (Lipinski definition) is 4. The Balaban J connectivity index is 0.947. The van der Waals surface area contributed by atoms with E-state index >= 15 is 0 Å². The summed E-state index contributed by atoms with van der Waals surface area (Å²) in [4.78, 5) is 15.8. The zero-order valence-electron chi connectivity index (χ0n) is 36.2. The van der Waals surface area contributed by atoms with Crippen molar-refractivity contribution in [2.24, 2.45) is 0 Å². The molecule has 0 unspecified atom stereocenters. The molecule has 9 aromatic carbocycles.